The lowest BCUT2D eigenvalue weighted by Crippen LogP contribution is -2.59. The van der Waals surface area contributed by atoms with Crippen LogP contribution in [0.3, 0.4) is 0 Å². The highest BCUT2D eigenvalue weighted by molar-refractivity contribution is 7.92. The quantitative estimate of drug-likeness (QED) is 0.192. The molecule has 3 aromatic carbocycles. The Kier molecular flexibility index (Phi) is 13.4. The van der Waals surface area contributed by atoms with Gasteiger partial charge in [0.05, 0.1) is 28.6 Å². The van der Waals surface area contributed by atoms with E-state index in [-0.39, 0.29) is 32.4 Å². The first kappa shape index (κ1) is 40.3. The average Bonchev–Trinajstić information content (AvgIpc) is 3.06. The molecule has 1 aliphatic heterocycles. The van der Waals surface area contributed by atoms with E-state index < -0.39 is 74.4 Å². The van der Waals surface area contributed by atoms with Gasteiger partial charge in [0.15, 0.2) is 9.84 Å². The number of likely N-dealkylation sites (tertiary alicyclic amines) is 1. The summed E-state index contributed by atoms with van der Waals surface area (Å²) in [6.07, 6.45) is -4.59. The Morgan fingerprint density at radius 1 is 0.882 bits per heavy atom. The highest BCUT2D eigenvalue weighted by Gasteiger charge is 2.45. The van der Waals surface area contributed by atoms with Gasteiger partial charge in [-0.3, -0.25) is 14.5 Å². The van der Waals surface area contributed by atoms with Crippen LogP contribution >= 0.6 is 0 Å². The van der Waals surface area contributed by atoms with E-state index in [0.29, 0.717) is 12.8 Å². The fraction of sp³-hybridized carbons (Fsp3) is 0.538. The summed E-state index contributed by atoms with van der Waals surface area (Å²) in [7, 11) is -3.76. The van der Waals surface area contributed by atoms with E-state index >= 15 is 0 Å². The molecule has 0 radical (unpaired) electrons. The van der Waals surface area contributed by atoms with Crippen LogP contribution in [-0.2, 0) is 32.3 Å². The number of amides is 2. The molecule has 1 saturated heterocycles. The number of aliphatic hydroxyl groups excluding tert-OH is 1. The van der Waals surface area contributed by atoms with Crippen LogP contribution in [-0.4, -0.2) is 84.2 Å². The Balaban J connectivity index is 1.59. The zero-order valence-electron chi connectivity index (χ0n) is 30.1. The number of rotatable bonds is 14. The number of fused-ring (bicyclic) bond motifs is 1. The molecule has 2 amide bonds. The molecule has 4 rings (SSSR count). The molecule has 8 nitrogen and oxygen atoms in total. The van der Waals surface area contributed by atoms with Crippen LogP contribution in [0.2, 0.25) is 0 Å². The van der Waals surface area contributed by atoms with Crippen molar-refractivity contribution >= 4 is 32.4 Å². The summed E-state index contributed by atoms with van der Waals surface area (Å²) < 4.78 is 67.5. The highest BCUT2D eigenvalue weighted by atomic mass is 32.2. The molecule has 5 atom stereocenters. The van der Waals surface area contributed by atoms with Crippen molar-refractivity contribution in [3.8, 4) is 0 Å². The summed E-state index contributed by atoms with van der Waals surface area (Å²) in [4.78, 5) is 29.3. The van der Waals surface area contributed by atoms with Gasteiger partial charge in [0.1, 0.15) is 12.1 Å². The first-order valence-electron chi connectivity index (χ1n) is 17.7. The van der Waals surface area contributed by atoms with E-state index in [0.717, 1.165) is 21.9 Å². The van der Waals surface area contributed by atoms with E-state index in [1.807, 2.05) is 48.5 Å². The largest absolute Gasteiger partial charge is 0.404 e. The molecular formula is C39H52F3N3O5S. The zero-order chi connectivity index (χ0) is 37.6. The summed E-state index contributed by atoms with van der Waals surface area (Å²) in [5.74, 6) is -3.14. The van der Waals surface area contributed by atoms with Gasteiger partial charge in [-0.2, -0.15) is 13.2 Å². The summed E-state index contributed by atoms with van der Waals surface area (Å²) in [6.45, 7) is 8.10. The molecule has 3 N–H and O–H groups in total. The second kappa shape index (κ2) is 16.9. The standard InChI is InChI=1S/C39H52F3N3O5S/c1-26(2)35(44-36(47)30(25-51(49,50)38(3,4)5)23-29-18-13-17-28-16-9-10-19-31(28)29)37(48)43-32(22-27-14-7-6-8-15-27)33(46)24-45-21-12-11-20-34(45)39(40,41)42/h6-10,13-19,26,30,32-35,46H,11-12,20-25H2,1-5H3,(H,43,48)(H,44,47)/t30-,32+,33+,34+,35+/m1/s1. The number of carbonyl (C=O) groups excluding carboxylic acids is 2. The van der Waals surface area contributed by atoms with Gasteiger partial charge in [0, 0.05) is 6.54 Å². The summed E-state index contributed by atoms with van der Waals surface area (Å²) >= 11 is 0. The van der Waals surface area contributed by atoms with Gasteiger partial charge in [0.25, 0.3) is 0 Å². The molecule has 0 aromatic heterocycles. The lowest BCUT2D eigenvalue weighted by Gasteiger charge is -2.39. The molecule has 0 spiro atoms. The molecule has 51 heavy (non-hydrogen) atoms. The smallest absolute Gasteiger partial charge is 0.390 e. The van der Waals surface area contributed by atoms with Crippen LogP contribution in [0.15, 0.2) is 72.8 Å². The van der Waals surface area contributed by atoms with Gasteiger partial charge in [-0.05, 0) is 80.8 Å². The SMILES string of the molecule is CC(C)[C@H](NC(=O)[C@H](Cc1cccc2ccccc12)CS(=O)(=O)C(C)(C)C)C(=O)N[C@@H](Cc1ccccc1)[C@@H](O)CN1CCCC[C@H]1C(F)(F)F. The Morgan fingerprint density at radius 3 is 2.18 bits per heavy atom. The normalized spacial score (nSPS) is 18.6. The second-order valence-electron chi connectivity index (χ2n) is 15.1. The number of nitrogens with zero attached hydrogens (tertiary/aromatic N) is 1. The first-order valence-corrected chi connectivity index (χ1v) is 19.3. The molecule has 0 bridgehead atoms. The molecule has 12 heteroatoms. The lowest BCUT2D eigenvalue weighted by molar-refractivity contribution is -0.194. The van der Waals surface area contributed by atoms with Gasteiger partial charge in [0.2, 0.25) is 11.8 Å². The molecule has 0 aliphatic carbocycles. The number of nitrogens with one attached hydrogen (secondary N) is 2. The van der Waals surface area contributed by atoms with Crippen molar-refractivity contribution in [3.63, 3.8) is 0 Å². The van der Waals surface area contributed by atoms with Crippen molar-refractivity contribution in [2.75, 3.05) is 18.8 Å². The maximum Gasteiger partial charge on any atom is 0.404 e. The topological polar surface area (TPSA) is 116 Å². The Hall–Kier alpha value is -3.48. The van der Waals surface area contributed by atoms with Crippen molar-refractivity contribution in [3.05, 3.63) is 83.9 Å². The predicted octanol–water partition coefficient (Wildman–Crippen LogP) is 5.86. The maximum atomic E-state index is 14.1. The van der Waals surface area contributed by atoms with Crippen molar-refractivity contribution in [1.29, 1.82) is 0 Å². The van der Waals surface area contributed by atoms with E-state index in [9.17, 15) is 36.3 Å². The fourth-order valence-corrected chi connectivity index (χ4v) is 7.95. The molecule has 0 unspecified atom stereocenters. The Bertz CT molecular complexity index is 1720. The predicted molar refractivity (Wildman–Crippen MR) is 195 cm³/mol. The third-order valence-electron chi connectivity index (χ3n) is 9.82. The van der Waals surface area contributed by atoms with Crippen LogP contribution in [0, 0.1) is 11.8 Å². The van der Waals surface area contributed by atoms with Crippen LogP contribution in [0.5, 0.6) is 0 Å². The van der Waals surface area contributed by atoms with Crippen molar-refractivity contribution in [2.24, 2.45) is 11.8 Å². The van der Waals surface area contributed by atoms with Crippen molar-refractivity contribution < 1.29 is 36.3 Å². The lowest BCUT2D eigenvalue weighted by atomic mass is 9.94. The van der Waals surface area contributed by atoms with Gasteiger partial charge in [-0.15, -0.1) is 0 Å². The number of hydrogen-bond donors (Lipinski definition) is 3. The number of aliphatic hydroxyl groups is 1. The molecule has 1 fully saturated rings. The number of alkyl halides is 3. The highest BCUT2D eigenvalue weighted by Crippen LogP contribution is 2.32. The number of hydrogen-bond acceptors (Lipinski definition) is 6. The second-order valence-corrected chi connectivity index (χ2v) is 17.9. The summed E-state index contributed by atoms with van der Waals surface area (Å²) in [5.41, 5.74) is 1.56. The minimum Gasteiger partial charge on any atom is -0.390 e. The molecule has 1 heterocycles. The van der Waals surface area contributed by atoms with Gasteiger partial charge >= 0.3 is 6.18 Å². The van der Waals surface area contributed by atoms with E-state index in [2.05, 4.69) is 10.6 Å². The number of halogens is 3. The first-order chi connectivity index (χ1) is 23.9. The Morgan fingerprint density at radius 2 is 1.53 bits per heavy atom. The monoisotopic (exact) mass is 731 g/mol. The summed E-state index contributed by atoms with van der Waals surface area (Å²) in [6, 6.07) is 18.5. The van der Waals surface area contributed by atoms with E-state index in [1.165, 1.54) is 4.90 Å². The zero-order valence-corrected chi connectivity index (χ0v) is 30.9. The van der Waals surface area contributed by atoms with Crippen LogP contribution in [0.1, 0.15) is 65.0 Å². The van der Waals surface area contributed by atoms with Gasteiger partial charge < -0.3 is 15.7 Å². The van der Waals surface area contributed by atoms with Crippen molar-refractivity contribution in [2.45, 2.75) is 102 Å². The number of piperidine rings is 1. The van der Waals surface area contributed by atoms with Crippen molar-refractivity contribution in [1.82, 2.24) is 15.5 Å². The fourth-order valence-electron chi connectivity index (χ4n) is 6.66. The molecule has 1 aliphatic rings. The van der Waals surface area contributed by atoms with Gasteiger partial charge in [-0.1, -0.05) is 93.1 Å². The van der Waals surface area contributed by atoms with E-state index in [4.69, 9.17) is 0 Å². The minimum atomic E-state index is -4.45. The number of sulfone groups is 1. The Labute approximate surface area is 300 Å². The number of carbonyl (C=O) groups is 2. The third kappa shape index (κ3) is 10.8. The average molecular weight is 732 g/mol. The minimum absolute atomic E-state index is 0.0573. The number of β-amino-alcohol motifs (C(OH)–C–C–N with tert-alkyl or cyclic N) is 1. The molecule has 280 valence electrons. The van der Waals surface area contributed by atoms with Crippen LogP contribution in [0.25, 0.3) is 10.8 Å². The number of benzene rings is 3. The molecule has 3 aromatic rings. The summed E-state index contributed by atoms with van der Waals surface area (Å²) in [5, 5.41) is 18.9. The van der Waals surface area contributed by atoms with Crippen LogP contribution < -0.4 is 10.6 Å². The molecular weight excluding hydrogens is 680 g/mol. The van der Waals surface area contributed by atoms with Gasteiger partial charge in [-0.25, -0.2) is 8.42 Å². The third-order valence-corrected chi connectivity index (χ3v) is 12.5. The maximum absolute atomic E-state index is 14.1. The molecule has 0 saturated carbocycles. The van der Waals surface area contributed by atoms with E-state index in [1.54, 1.807) is 58.9 Å². The van der Waals surface area contributed by atoms with Crippen LogP contribution in [0.4, 0.5) is 13.2 Å².